The van der Waals surface area contributed by atoms with E-state index in [9.17, 15) is 8.78 Å². The predicted molar refractivity (Wildman–Crippen MR) is 92.8 cm³/mol. The van der Waals surface area contributed by atoms with Crippen molar-refractivity contribution in [3.63, 3.8) is 0 Å². The van der Waals surface area contributed by atoms with Crippen molar-refractivity contribution < 1.29 is 13.5 Å². The molecule has 0 aromatic heterocycles. The molecule has 0 saturated heterocycles. The number of ether oxygens (including phenoxy) is 1. The molecule has 2 rings (SSSR count). The molecule has 0 atom stereocenters. The first-order chi connectivity index (χ1) is 11.3. The highest BCUT2D eigenvalue weighted by atomic mass is 19.3. The zero-order valence-electron chi connectivity index (χ0n) is 14.1. The number of rotatable bonds is 6. The summed E-state index contributed by atoms with van der Waals surface area (Å²) in [5.41, 5.74) is 8.78. The first kappa shape index (κ1) is 17.9. The maximum absolute atomic E-state index is 13.2. The summed E-state index contributed by atoms with van der Waals surface area (Å²) in [7, 11) is 1.58. The van der Waals surface area contributed by atoms with E-state index in [2.05, 4.69) is 11.9 Å². The number of halogens is 2. The molecule has 0 aliphatic heterocycles. The van der Waals surface area contributed by atoms with Crippen molar-refractivity contribution in [3.05, 3.63) is 64.7 Å². The third kappa shape index (κ3) is 4.31. The van der Waals surface area contributed by atoms with Crippen LogP contribution in [0.2, 0.25) is 0 Å². The van der Waals surface area contributed by atoms with Crippen LogP contribution < -0.4 is 10.5 Å². The second-order valence-corrected chi connectivity index (χ2v) is 5.67. The average Bonchev–Trinajstić information content (AvgIpc) is 2.58. The molecule has 0 radical (unpaired) electrons. The third-order valence-electron chi connectivity index (χ3n) is 3.84. The van der Waals surface area contributed by atoms with Crippen LogP contribution in [0.25, 0.3) is 0 Å². The molecule has 0 saturated carbocycles. The summed E-state index contributed by atoms with van der Waals surface area (Å²) in [6, 6.07) is 11.9. The van der Waals surface area contributed by atoms with E-state index >= 15 is 0 Å². The number of nitrogens with zero attached hydrogens (tertiary/aromatic N) is 1. The topological polar surface area (TPSA) is 47.6 Å². The van der Waals surface area contributed by atoms with Crippen molar-refractivity contribution in [1.29, 1.82) is 0 Å². The van der Waals surface area contributed by atoms with Gasteiger partial charge < -0.3 is 10.5 Å². The van der Waals surface area contributed by atoms with Gasteiger partial charge >= 0.3 is 0 Å². The minimum atomic E-state index is -2.84. The monoisotopic (exact) mass is 332 g/mol. The first-order valence-corrected chi connectivity index (χ1v) is 7.79. The molecule has 2 aromatic rings. The molecule has 0 amide bonds. The van der Waals surface area contributed by atoms with Gasteiger partial charge in [-0.15, -0.1) is 0 Å². The Balaban J connectivity index is 2.20. The minimum absolute atomic E-state index is 0.0134. The minimum Gasteiger partial charge on any atom is -0.496 e. The van der Waals surface area contributed by atoms with Gasteiger partial charge in [0.05, 0.1) is 19.2 Å². The quantitative estimate of drug-likeness (QED) is 0.634. The molecule has 5 heteroatoms. The van der Waals surface area contributed by atoms with Crippen LogP contribution in [0.4, 0.5) is 8.78 Å². The van der Waals surface area contributed by atoms with Crippen molar-refractivity contribution >= 4 is 5.84 Å². The Kier molecular flexibility index (Phi) is 5.54. The normalized spacial score (nSPS) is 12.3. The molecule has 24 heavy (non-hydrogen) atoms. The van der Waals surface area contributed by atoms with E-state index in [0.29, 0.717) is 18.1 Å². The molecular formula is C19H22F2N2O. The Morgan fingerprint density at radius 3 is 2.29 bits per heavy atom. The molecule has 0 aliphatic carbocycles. The molecule has 0 bridgehead atoms. The smallest absolute Gasteiger partial charge is 0.270 e. The summed E-state index contributed by atoms with van der Waals surface area (Å²) in [5.74, 6) is -1.81. The van der Waals surface area contributed by atoms with Crippen LogP contribution in [-0.4, -0.2) is 12.9 Å². The van der Waals surface area contributed by atoms with E-state index in [0.717, 1.165) is 30.0 Å². The Morgan fingerprint density at radius 1 is 1.12 bits per heavy atom. The standard InChI is InChI=1S/C19H22F2N2O/c1-4-13-7-10-17(24-3)16(11-13)18(22)23-12-14-5-8-15(9-6-14)19(2,20)21/h5-11H,4,12H2,1-3H3,(H2,22,23). The van der Waals surface area contributed by atoms with Crippen LogP contribution in [0.3, 0.4) is 0 Å². The number of hydrogen-bond acceptors (Lipinski definition) is 2. The summed E-state index contributed by atoms with van der Waals surface area (Å²) < 4.78 is 31.8. The fourth-order valence-corrected chi connectivity index (χ4v) is 2.34. The van der Waals surface area contributed by atoms with Crippen LogP contribution in [0.1, 0.15) is 36.1 Å². The lowest BCUT2D eigenvalue weighted by Gasteiger charge is -2.11. The molecular weight excluding hydrogens is 310 g/mol. The fourth-order valence-electron chi connectivity index (χ4n) is 2.34. The van der Waals surface area contributed by atoms with E-state index in [-0.39, 0.29) is 5.56 Å². The van der Waals surface area contributed by atoms with Gasteiger partial charge in [0.25, 0.3) is 5.92 Å². The zero-order valence-corrected chi connectivity index (χ0v) is 14.1. The third-order valence-corrected chi connectivity index (χ3v) is 3.84. The summed E-state index contributed by atoms with van der Waals surface area (Å²) in [5, 5.41) is 0. The summed E-state index contributed by atoms with van der Waals surface area (Å²) in [4.78, 5) is 4.37. The molecule has 0 heterocycles. The lowest BCUT2D eigenvalue weighted by atomic mass is 10.1. The van der Waals surface area contributed by atoms with Gasteiger partial charge in [0.15, 0.2) is 0 Å². The van der Waals surface area contributed by atoms with Gasteiger partial charge in [-0.1, -0.05) is 37.3 Å². The highest BCUT2D eigenvalue weighted by Crippen LogP contribution is 2.27. The molecule has 2 aromatic carbocycles. The van der Waals surface area contributed by atoms with Gasteiger partial charge in [-0.05, 0) is 29.7 Å². The lowest BCUT2D eigenvalue weighted by molar-refractivity contribution is 0.0174. The number of methoxy groups -OCH3 is 1. The second kappa shape index (κ2) is 7.43. The summed E-state index contributed by atoms with van der Waals surface area (Å²) in [6.45, 7) is 3.26. The molecule has 0 unspecified atom stereocenters. The van der Waals surface area contributed by atoms with Gasteiger partial charge in [-0.25, -0.2) is 8.78 Å². The molecule has 2 N–H and O–H groups in total. The van der Waals surface area contributed by atoms with Crippen LogP contribution in [0.15, 0.2) is 47.5 Å². The lowest BCUT2D eigenvalue weighted by Crippen LogP contribution is -2.15. The van der Waals surface area contributed by atoms with Crippen LogP contribution >= 0.6 is 0 Å². The SMILES string of the molecule is CCc1ccc(OC)c(C(N)=NCc2ccc(C(C)(F)F)cc2)c1. The molecule has 128 valence electrons. The number of nitrogens with two attached hydrogens (primary N) is 1. The Hall–Kier alpha value is -2.43. The van der Waals surface area contributed by atoms with Gasteiger partial charge in [-0.3, -0.25) is 4.99 Å². The number of alkyl halides is 2. The van der Waals surface area contributed by atoms with Crippen molar-refractivity contribution in [3.8, 4) is 5.75 Å². The molecule has 3 nitrogen and oxygen atoms in total. The van der Waals surface area contributed by atoms with E-state index in [4.69, 9.17) is 10.5 Å². The summed E-state index contributed by atoms with van der Waals surface area (Å²) >= 11 is 0. The van der Waals surface area contributed by atoms with E-state index in [1.807, 2.05) is 18.2 Å². The Bertz CT molecular complexity index is 719. The zero-order chi connectivity index (χ0) is 17.7. The Morgan fingerprint density at radius 2 is 1.75 bits per heavy atom. The van der Waals surface area contributed by atoms with Crippen LogP contribution in [-0.2, 0) is 18.9 Å². The van der Waals surface area contributed by atoms with Gasteiger partial charge in [0.1, 0.15) is 11.6 Å². The van der Waals surface area contributed by atoms with Gasteiger partial charge in [0, 0.05) is 12.5 Å². The first-order valence-electron chi connectivity index (χ1n) is 7.79. The van der Waals surface area contributed by atoms with Gasteiger partial charge in [-0.2, -0.15) is 0 Å². The van der Waals surface area contributed by atoms with Gasteiger partial charge in [0.2, 0.25) is 0 Å². The van der Waals surface area contributed by atoms with E-state index in [1.54, 1.807) is 19.2 Å². The van der Waals surface area contributed by atoms with Crippen molar-refractivity contribution in [2.75, 3.05) is 7.11 Å². The van der Waals surface area contributed by atoms with Crippen molar-refractivity contribution in [2.45, 2.75) is 32.7 Å². The largest absolute Gasteiger partial charge is 0.496 e. The van der Waals surface area contributed by atoms with E-state index in [1.165, 1.54) is 12.1 Å². The molecule has 0 fully saturated rings. The average molecular weight is 332 g/mol. The number of amidine groups is 1. The Labute approximate surface area is 141 Å². The number of hydrogen-bond donors (Lipinski definition) is 1. The highest BCUT2D eigenvalue weighted by Gasteiger charge is 2.23. The van der Waals surface area contributed by atoms with Crippen molar-refractivity contribution in [1.82, 2.24) is 0 Å². The maximum Gasteiger partial charge on any atom is 0.270 e. The molecule has 0 spiro atoms. The number of benzene rings is 2. The van der Waals surface area contributed by atoms with Crippen molar-refractivity contribution in [2.24, 2.45) is 10.7 Å². The summed E-state index contributed by atoms with van der Waals surface area (Å²) in [6.07, 6.45) is 0.886. The fraction of sp³-hybridized carbons (Fsp3) is 0.316. The highest BCUT2D eigenvalue weighted by molar-refractivity contribution is 6.00. The second-order valence-electron chi connectivity index (χ2n) is 5.67. The van der Waals surface area contributed by atoms with Crippen LogP contribution in [0.5, 0.6) is 5.75 Å². The van der Waals surface area contributed by atoms with Crippen LogP contribution in [0, 0.1) is 0 Å². The molecule has 0 aliphatic rings. The van der Waals surface area contributed by atoms with E-state index < -0.39 is 5.92 Å². The maximum atomic E-state index is 13.2. The number of aliphatic imine (C=N–C) groups is 1. The number of aryl methyl sites for hydroxylation is 1. The predicted octanol–water partition coefficient (Wildman–Crippen LogP) is 4.27.